The van der Waals surface area contributed by atoms with E-state index in [9.17, 15) is 14.4 Å². The second kappa shape index (κ2) is 7.88. The molecule has 0 saturated heterocycles. The maximum absolute atomic E-state index is 12.2. The number of benzene rings is 1. The van der Waals surface area contributed by atoms with Gasteiger partial charge < -0.3 is 19.4 Å². The molecule has 1 aliphatic heterocycles. The van der Waals surface area contributed by atoms with Gasteiger partial charge in [0.1, 0.15) is 5.76 Å². The Kier molecular flexibility index (Phi) is 5.53. The van der Waals surface area contributed by atoms with Crippen LogP contribution in [0.2, 0.25) is 0 Å². The van der Waals surface area contributed by atoms with Crippen LogP contribution in [0.15, 0.2) is 34.7 Å². The molecule has 0 saturated carbocycles. The minimum atomic E-state index is -0.499. The van der Waals surface area contributed by atoms with Gasteiger partial charge in [-0.3, -0.25) is 9.59 Å². The van der Waals surface area contributed by atoms with Crippen LogP contribution >= 0.6 is 0 Å². The first-order chi connectivity index (χ1) is 13.3. The van der Waals surface area contributed by atoms with Crippen LogP contribution in [-0.4, -0.2) is 30.4 Å². The molecule has 1 aromatic carbocycles. The highest BCUT2D eigenvalue weighted by molar-refractivity contribution is 5.94. The number of nitrogens with zero attached hydrogens (tertiary/aromatic N) is 1. The van der Waals surface area contributed by atoms with E-state index in [0.717, 1.165) is 16.8 Å². The molecule has 2 heterocycles. The molecule has 148 valence electrons. The first kappa shape index (κ1) is 19.7. The number of carbonyl (C=O) groups is 3. The molecule has 7 nitrogen and oxygen atoms in total. The lowest BCUT2D eigenvalue weighted by atomic mass is 9.90. The molecule has 2 amide bonds. The van der Waals surface area contributed by atoms with Gasteiger partial charge in [-0.15, -0.1) is 0 Å². The summed E-state index contributed by atoms with van der Waals surface area (Å²) in [7, 11) is 0. The van der Waals surface area contributed by atoms with E-state index in [1.807, 2.05) is 25.1 Å². The van der Waals surface area contributed by atoms with Crippen LogP contribution in [0.4, 0.5) is 10.5 Å². The van der Waals surface area contributed by atoms with Gasteiger partial charge in [-0.2, -0.15) is 0 Å². The molecule has 0 aliphatic carbocycles. The van der Waals surface area contributed by atoms with Crippen molar-refractivity contribution in [2.45, 2.75) is 52.3 Å². The molecule has 1 aliphatic rings. The minimum Gasteiger partial charge on any atom is -0.453 e. The number of aldehydes is 1. The average molecular weight is 384 g/mol. The van der Waals surface area contributed by atoms with Crippen LogP contribution in [0.5, 0.6) is 0 Å². The zero-order chi connectivity index (χ0) is 20.4. The number of carbonyl (C=O) groups excluding carboxylic acids is 3. The van der Waals surface area contributed by atoms with Gasteiger partial charge in [0.2, 0.25) is 5.91 Å². The average Bonchev–Trinajstić information content (AvgIpc) is 3.09. The molecule has 28 heavy (non-hydrogen) atoms. The molecule has 0 radical (unpaired) electrons. The quantitative estimate of drug-likeness (QED) is 0.803. The summed E-state index contributed by atoms with van der Waals surface area (Å²) >= 11 is 0. The van der Waals surface area contributed by atoms with Gasteiger partial charge >= 0.3 is 6.09 Å². The van der Waals surface area contributed by atoms with Crippen molar-refractivity contribution >= 4 is 24.0 Å². The number of alkyl carbamates (subject to hydrolysis) is 1. The van der Waals surface area contributed by atoms with Gasteiger partial charge in [0.25, 0.3) is 0 Å². The van der Waals surface area contributed by atoms with E-state index in [0.29, 0.717) is 18.5 Å². The molecular formula is C21H24N2O5. The highest BCUT2D eigenvalue weighted by Crippen LogP contribution is 2.39. The number of rotatable bonds is 4. The first-order valence-electron chi connectivity index (χ1n) is 9.26. The smallest absolute Gasteiger partial charge is 0.407 e. The zero-order valence-corrected chi connectivity index (χ0v) is 16.4. The van der Waals surface area contributed by atoms with E-state index in [1.165, 1.54) is 6.92 Å². The highest BCUT2D eigenvalue weighted by Gasteiger charge is 2.34. The summed E-state index contributed by atoms with van der Waals surface area (Å²) in [5.41, 5.74) is 2.30. The molecule has 1 N–H and O–H groups in total. The van der Waals surface area contributed by atoms with Crippen molar-refractivity contribution in [1.82, 2.24) is 5.32 Å². The molecular weight excluding hydrogens is 360 g/mol. The summed E-state index contributed by atoms with van der Waals surface area (Å²) in [6.07, 6.45) is 0.473. The fourth-order valence-corrected chi connectivity index (χ4v) is 3.60. The van der Waals surface area contributed by atoms with Gasteiger partial charge in [-0.1, -0.05) is 0 Å². The van der Waals surface area contributed by atoms with Crippen LogP contribution in [0.25, 0.3) is 11.3 Å². The van der Waals surface area contributed by atoms with Crippen molar-refractivity contribution < 1.29 is 23.5 Å². The number of nitrogens with one attached hydrogen (secondary N) is 1. The number of ether oxygens (including phenoxy) is 1. The van der Waals surface area contributed by atoms with E-state index in [1.54, 1.807) is 30.9 Å². The molecule has 0 unspecified atom stereocenters. The van der Waals surface area contributed by atoms with E-state index in [4.69, 9.17) is 9.15 Å². The predicted molar refractivity (Wildman–Crippen MR) is 104 cm³/mol. The minimum absolute atomic E-state index is 0.0639. The Morgan fingerprint density at radius 1 is 1.29 bits per heavy atom. The topological polar surface area (TPSA) is 88.9 Å². The Hall–Kier alpha value is -3.09. The third-order valence-corrected chi connectivity index (χ3v) is 4.68. The Morgan fingerprint density at radius 2 is 2.04 bits per heavy atom. The normalized spacial score (nSPS) is 18.5. The number of amides is 2. The summed E-state index contributed by atoms with van der Waals surface area (Å²) in [4.78, 5) is 37.0. The molecule has 7 heteroatoms. The summed E-state index contributed by atoms with van der Waals surface area (Å²) in [5, 5.41) is 2.91. The lowest BCUT2D eigenvalue weighted by molar-refractivity contribution is -0.117. The van der Waals surface area contributed by atoms with Crippen molar-refractivity contribution in [2.75, 3.05) is 4.90 Å². The number of furan rings is 1. The highest BCUT2D eigenvalue weighted by atomic mass is 16.6. The van der Waals surface area contributed by atoms with Crippen LogP contribution in [0.3, 0.4) is 0 Å². The van der Waals surface area contributed by atoms with Gasteiger partial charge in [0, 0.05) is 24.2 Å². The molecule has 3 rings (SSSR count). The summed E-state index contributed by atoms with van der Waals surface area (Å²) in [5.74, 6) is 0.717. The van der Waals surface area contributed by atoms with Gasteiger partial charge in [-0.05, 0) is 63.1 Å². The maximum atomic E-state index is 12.2. The lowest BCUT2D eigenvalue weighted by Crippen LogP contribution is -2.45. The Labute approximate surface area is 163 Å². The van der Waals surface area contributed by atoms with Gasteiger partial charge in [-0.25, -0.2) is 4.79 Å². The summed E-state index contributed by atoms with van der Waals surface area (Å²) in [6, 6.07) is 8.48. The van der Waals surface area contributed by atoms with Crippen molar-refractivity contribution in [3.63, 3.8) is 0 Å². The molecule has 2 aromatic rings. The van der Waals surface area contributed by atoms with Crippen LogP contribution in [0.1, 0.15) is 56.3 Å². The van der Waals surface area contributed by atoms with E-state index in [-0.39, 0.29) is 29.9 Å². The monoisotopic (exact) mass is 384 g/mol. The van der Waals surface area contributed by atoms with Crippen molar-refractivity contribution in [1.29, 1.82) is 0 Å². The second-order valence-corrected chi connectivity index (χ2v) is 7.22. The first-order valence-corrected chi connectivity index (χ1v) is 9.26. The molecule has 1 aromatic heterocycles. The molecule has 0 fully saturated rings. The zero-order valence-electron chi connectivity index (χ0n) is 16.4. The fourth-order valence-electron chi connectivity index (χ4n) is 3.60. The van der Waals surface area contributed by atoms with E-state index >= 15 is 0 Å². The number of hydrogen-bond donors (Lipinski definition) is 1. The molecule has 0 bridgehead atoms. The van der Waals surface area contributed by atoms with Crippen LogP contribution in [-0.2, 0) is 9.53 Å². The maximum Gasteiger partial charge on any atom is 0.407 e. The fraction of sp³-hybridized carbons (Fsp3) is 0.381. The number of fused-ring (bicyclic) bond motifs is 1. The summed E-state index contributed by atoms with van der Waals surface area (Å²) in [6.45, 7) is 7.05. The summed E-state index contributed by atoms with van der Waals surface area (Å²) < 4.78 is 10.7. The number of hydrogen-bond acceptors (Lipinski definition) is 5. The third-order valence-electron chi connectivity index (χ3n) is 4.68. The van der Waals surface area contributed by atoms with E-state index < -0.39 is 6.09 Å². The molecule has 0 spiro atoms. The third kappa shape index (κ3) is 3.93. The Bertz CT molecular complexity index is 902. The number of anilines is 1. The van der Waals surface area contributed by atoms with Crippen molar-refractivity contribution in [3.05, 3.63) is 41.7 Å². The van der Waals surface area contributed by atoms with E-state index in [2.05, 4.69) is 5.32 Å². The standard InChI is InChI=1S/C21H24N2O5/c1-12(2)27-21(26)22-18-9-13(3)23(14(4)25)19-7-5-15(10-17(18)19)20-8-6-16(11-24)28-20/h5-8,10-13,18H,9H2,1-4H3,(H,22,26)/t13-,18+/m1/s1. The lowest BCUT2D eigenvalue weighted by Gasteiger charge is -2.39. The van der Waals surface area contributed by atoms with Crippen LogP contribution in [0, 0.1) is 0 Å². The SMILES string of the molecule is CC(=O)N1c2ccc(-c3ccc(C=O)o3)cc2[C@@H](NC(=O)OC(C)C)C[C@H]1C. The second-order valence-electron chi connectivity index (χ2n) is 7.22. The van der Waals surface area contributed by atoms with Gasteiger partial charge in [0.15, 0.2) is 12.0 Å². The van der Waals surface area contributed by atoms with Crippen LogP contribution < -0.4 is 10.2 Å². The Balaban J connectivity index is 2.01. The van der Waals surface area contributed by atoms with Gasteiger partial charge in [0.05, 0.1) is 12.1 Å². The largest absolute Gasteiger partial charge is 0.453 e. The predicted octanol–water partition coefficient (Wildman–Crippen LogP) is 4.08. The Morgan fingerprint density at radius 3 is 2.64 bits per heavy atom. The van der Waals surface area contributed by atoms with Crippen molar-refractivity contribution in [3.8, 4) is 11.3 Å². The van der Waals surface area contributed by atoms with Crippen molar-refractivity contribution in [2.24, 2.45) is 0 Å². The molecule has 2 atom stereocenters.